The first-order valence-corrected chi connectivity index (χ1v) is 4.92. The van der Waals surface area contributed by atoms with Gasteiger partial charge in [-0.15, -0.1) is 0 Å². The van der Waals surface area contributed by atoms with Gasteiger partial charge in [0, 0.05) is 29.9 Å². The number of hydrogen-bond acceptors (Lipinski definition) is 4. The molecule has 0 radical (unpaired) electrons. The molecule has 0 amide bonds. The summed E-state index contributed by atoms with van der Waals surface area (Å²) in [6.45, 7) is 0. The second kappa shape index (κ2) is 5.27. The first kappa shape index (κ1) is 11.4. The highest BCUT2D eigenvalue weighted by Crippen LogP contribution is 2.18. The van der Waals surface area contributed by atoms with Gasteiger partial charge in [-0.05, 0) is 6.07 Å². The van der Waals surface area contributed by atoms with Crippen molar-refractivity contribution in [1.82, 2.24) is 0 Å². The van der Waals surface area contributed by atoms with Crippen molar-refractivity contribution in [1.29, 1.82) is 0 Å². The van der Waals surface area contributed by atoms with Gasteiger partial charge in [-0.3, -0.25) is 10.1 Å². The lowest BCUT2D eigenvalue weighted by atomic mass is 10.1. The molecule has 0 aliphatic carbocycles. The zero-order valence-corrected chi connectivity index (χ0v) is 8.83. The van der Waals surface area contributed by atoms with Crippen LogP contribution in [0, 0.1) is 22.0 Å². The van der Waals surface area contributed by atoms with E-state index in [2.05, 4.69) is 24.5 Å². The number of nitro groups is 1. The minimum absolute atomic E-state index is 0.0211. The molecule has 4 nitrogen and oxygen atoms in total. The van der Waals surface area contributed by atoms with Gasteiger partial charge in [0.15, 0.2) is 0 Å². The van der Waals surface area contributed by atoms with Crippen LogP contribution in [0.1, 0.15) is 12.0 Å². The third-order valence-electron chi connectivity index (χ3n) is 1.71. The van der Waals surface area contributed by atoms with Crippen molar-refractivity contribution >= 4 is 24.0 Å². The molecule has 1 aromatic carbocycles. The summed E-state index contributed by atoms with van der Waals surface area (Å²) in [5.74, 6) is 6.38. The number of nitrogen functional groups attached to an aromatic ring is 1. The molecule has 1 aromatic rings. The smallest absolute Gasteiger partial charge is 0.271 e. The van der Waals surface area contributed by atoms with E-state index in [9.17, 15) is 10.1 Å². The molecule has 0 unspecified atom stereocenters. The summed E-state index contributed by atoms with van der Waals surface area (Å²) in [5, 5.41) is 10.4. The Labute approximate surface area is 93.0 Å². The third-order valence-corrected chi connectivity index (χ3v) is 1.93. The van der Waals surface area contributed by atoms with Crippen LogP contribution in [0.5, 0.6) is 0 Å². The van der Waals surface area contributed by atoms with Gasteiger partial charge in [-0.1, -0.05) is 11.8 Å². The molecule has 0 saturated carbocycles. The molecular weight excluding hydrogens is 212 g/mol. The molecule has 0 aliphatic rings. The Balaban J connectivity index is 2.95. The van der Waals surface area contributed by atoms with Crippen molar-refractivity contribution in [2.24, 2.45) is 0 Å². The minimum Gasteiger partial charge on any atom is -0.398 e. The van der Waals surface area contributed by atoms with Gasteiger partial charge in [0.25, 0.3) is 5.69 Å². The summed E-state index contributed by atoms with van der Waals surface area (Å²) >= 11 is 4.01. The number of thiol groups is 1. The Morgan fingerprint density at radius 3 is 2.80 bits per heavy atom. The number of non-ortho nitro benzene ring substituents is 1. The normalized spacial score (nSPS) is 9.13. The maximum absolute atomic E-state index is 10.4. The van der Waals surface area contributed by atoms with Crippen LogP contribution >= 0.6 is 12.6 Å². The zero-order chi connectivity index (χ0) is 11.3. The van der Waals surface area contributed by atoms with Crippen LogP contribution in [0.25, 0.3) is 0 Å². The van der Waals surface area contributed by atoms with Gasteiger partial charge in [0.2, 0.25) is 0 Å². The van der Waals surface area contributed by atoms with Gasteiger partial charge < -0.3 is 5.73 Å². The van der Waals surface area contributed by atoms with E-state index in [1.54, 1.807) is 6.07 Å². The third kappa shape index (κ3) is 3.18. The molecule has 0 bridgehead atoms. The predicted molar refractivity (Wildman–Crippen MR) is 62.9 cm³/mol. The summed E-state index contributed by atoms with van der Waals surface area (Å²) in [7, 11) is 0. The van der Waals surface area contributed by atoms with E-state index in [-0.39, 0.29) is 5.69 Å². The van der Waals surface area contributed by atoms with Crippen molar-refractivity contribution < 1.29 is 4.92 Å². The van der Waals surface area contributed by atoms with Crippen LogP contribution in [0.2, 0.25) is 0 Å². The van der Waals surface area contributed by atoms with E-state index in [1.165, 1.54) is 12.1 Å². The molecule has 0 spiro atoms. The van der Waals surface area contributed by atoms with Gasteiger partial charge in [-0.25, -0.2) is 0 Å². The summed E-state index contributed by atoms with van der Waals surface area (Å²) in [4.78, 5) is 9.94. The second-order valence-corrected chi connectivity index (χ2v) is 3.25. The number of benzene rings is 1. The minimum atomic E-state index is -0.485. The molecule has 2 N–H and O–H groups in total. The molecule has 0 saturated heterocycles. The van der Waals surface area contributed by atoms with Crippen LogP contribution in [-0.4, -0.2) is 10.7 Å². The van der Waals surface area contributed by atoms with E-state index in [0.29, 0.717) is 23.4 Å². The highest BCUT2D eigenvalue weighted by Gasteiger charge is 2.06. The molecule has 0 aromatic heterocycles. The molecule has 0 fully saturated rings. The van der Waals surface area contributed by atoms with E-state index >= 15 is 0 Å². The van der Waals surface area contributed by atoms with Crippen LogP contribution in [0.4, 0.5) is 11.4 Å². The van der Waals surface area contributed by atoms with Gasteiger partial charge in [0.05, 0.1) is 10.6 Å². The predicted octanol–water partition coefficient (Wildman–Crippen LogP) is 1.85. The Bertz CT molecular complexity index is 435. The molecular formula is C10H10N2O2S. The summed E-state index contributed by atoms with van der Waals surface area (Å²) in [6.07, 6.45) is 0.666. The maximum atomic E-state index is 10.4. The molecule has 0 atom stereocenters. The average Bonchev–Trinajstić information content (AvgIpc) is 2.20. The Morgan fingerprint density at radius 1 is 1.53 bits per heavy atom. The lowest BCUT2D eigenvalue weighted by molar-refractivity contribution is -0.384. The summed E-state index contributed by atoms with van der Waals surface area (Å²) in [6, 6.07) is 4.25. The SMILES string of the molecule is Nc1cc([N+](=O)[O-])ccc1C#CCCS. The largest absolute Gasteiger partial charge is 0.398 e. The number of nitrogens with zero attached hydrogens (tertiary/aromatic N) is 1. The van der Waals surface area contributed by atoms with E-state index in [4.69, 9.17) is 5.73 Å². The van der Waals surface area contributed by atoms with Gasteiger partial charge in [-0.2, -0.15) is 12.6 Å². The molecule has 5 heteroatoms. The van der Waals surface area contributed by atoms with Gasteiger partial charge in [0.1, 0.15) is 0 Å². The van der Waals surface area contributed by atoms with Crippen molar-refractivity contribution in [3.63, 3.8) is 0 Å². The molecule has 0 heterocycles. The monoisotopic (exact) mass is 222 g/mol. The summed E-state index contributed by atoms with van der Waals surface area (Å²) in [5.41, 5.74) is 6.54. The first-order chi connectivity index (χ1) is 7.15. The Hall–Kier alpha value is -1.67. The van der Waals surface area contributed by atoms with E-state index < -0.39 is 4.92 Å². The fourth-order valence-corrected chi connectivity index (χ4v) is 1.10. The fourth-order valence-electron chi connectivity index (χ4n) is 0.991. The molecule has 0 aliphatic heterocycles. The average molecular weight is 222 g/mol. The van der Waals surface area contributed by atoms with E-state index in [0.717, 1.165) is 0 Å². The van der Waals surface area contributed by atoms with Crippen LogP contribution in [0.3, 0.4) is 0 Å². The highest BCUT2D eigenvalue weighted by molar-refractivity contribution is 7.80. The second-order valence-electron chi connectivity index (χ2n) is 2.80. The van der Waals surface area contributed by atoms with Crippen LogP contribution in [-0.2, 0) is 0 Å². The van der Waals surface area contributed by atoms with Crippen molar-refractivity contribution in [2.45, 2.75) is 6.42 Å². The van der Waals surface area contributed by atoms with E-state index in [1.807, 2.05) is 0 Å². The lowest BCUT2D eigenvalue weighted by Gasteiger charge is -1.97. The molecule has 78 valence electrons. The number of nitrogens with two attached hydrogens (primary N) is 1. The van der Waals surface area contributed by atoms with Crippen molar-refractivity contribution in [2.75, 3.05) is 11.5 Å². The van der Waals surface area contributed by atoms with Crippen LogP contribution < -0.4 is 5.73 Å². The standard InChI is InChI=1S/C10H10N2O2S/c11-10-7-9(12(13)14)5-4-8(10)3-1-2-6-15/h4-5,7,15H,2,6,11H2. The molecule has 15 heavy (non-hydrogen) atoms. The number of nitro benzene ring substituents is 1. The topological polar surface area (TPSA) is 69.2 Å². The first-order valence-electron chi connectivity index (χ1n) is 4.29. The summed E-state index contributed by atoms with van der Waals surface area (Å²) < 4.78 is 0. The van der Waals surface area contributed by atoms with Crippen molar-refractivity contribution in [3.8, 4) is 11.8 Å². The lowest BCUT2D eigenvalue weighted by Crippen LogP contribution is -1.94. The van der Waals surface area contributed by atoms with Crippen molar-refractivity contribution in [3.05, 3.63) is 33.9 Å². The Morgan fingerprint density at radius 2 is 2.27 bits per heavy atom. The zero-order valence-electron chi connectivity index (χ0n) is 7.93. The number of anilines is 1. The quantitative estimate of drug-likeness (QED) is 0.264. The maximum Gasteiger partial charge on any atom is 0.271 e. The fraction of sp³-hybridized carbons (Fsp3) is 0.200. The number of hydrogen-bond donors (Lipinski definition) is 2. The number of rotatable bonds is 2. The molecule has 1 rings (SSSR count). The highest BCUT2D eigenvalue weighted by atomic mass is 32.1. The Kier molecular flexibility index (Phi) is 4.01. The van der Waals surface area contributed by atoms with Crippen LogP contribution in [0.15, 0.2) is 18.2 Å². The van der Waals surface area contributed by atoms with Gasteiger partial charge >= 0.3 is 0 Å².